The van der Waals surface area contributed by atoms with Crippen LogP contribution in [-0.2, 0) is 0 Å². The molecule has 4 heteroatoms. The molecule has 1 aromatic heterocycles. The van der Waals surface area contributed by atoms with Gasteiger partial charge in [0, 0.05) is 6.07 Å². The lowest BCUT2D eigenvalue weighted by Gasteiger charge is -2.03. The SMILES string of the molecule is Clc1cc(OCCC2CC2)ncn1. The molecule has 0 unspecified atom stereocenters. The van der Waals surface area contributed by atoms with E-state index in [0.29, 0.717) is 11.0 Å². The fourth-order valence-corrected chi connectivity index (χ4v) is 1.27. The number of hydrogen-bond acceptors (Lipinski definition) is 3. The third kappa shape index (κ3) is 2.84. The fraction of sp³-hybridized carbons (Fsp3) is 0.556. The molecule has 1 aliphatic carbocycles. The van der Waals surface area contributed by atoms with Gasteiger partial charge in [-0.15, -0.1) is 0 Å². The standard InChI is InChI=1S/C9H11ClN2O/c10-8-5-9(12-6-11-8)13-4-3-7-1-2-7/h5-7H,1-4H2. The minimum atomic E-state index is 0.427. The van der Waals surface area contributed by atoms with Crippen molar-refractivity contribution < 1.29 is 4.74 Å². The summed E-state index contributed by atoms with van der Waals surface area (Å²) in [4.78, 5) is 7.71. The lowest BCUT2D eigenvalue weighted by molar-refractivity contribution is 0.291. The minimum absolute atomic E-state index is 0.427. The number of nitrogens with zero attached hydrogens (tertiary/aromatic N) is 2. The Labute approximate surface area is 82.1 Å². The molecule has 1 aliphatic rings. The van der Waals surface area contributed by atoms with E-state index >= 15 is 0 Å². The van der Waals surface area contributed by atoms with Gasteiger partial charge in [0.2, 0.25) is 5.88 Å². The van der Waals surface area contributed by atoms with Crippen LogP contribution in [0, 0.1) is 5.92 Å². The van der Waals surface area contributed by atoms with Crippen molar-refractivity contribution in [3.05, 3.63) is 17.5 Å². The van der Waals surface area contributed by atoms with E-state index < -0.39 is 0 Å². The summed E-state index contributed by atoms with van der Waals surface area (Å²) in [7, 11) is 0. The lowest BCUT2D eigenvalue weighted by Crippen LogP contribution is -1.99. The van der Waals surface area contributed by atoms with Crippen LogP contribution in [0.25, 0.3) is 0 Å². The molecule has 0 radical (unpaired) electrons. The first-order valence-electron chi connectivity index (χ1n) is 4.45. The van der Waals surface area contributed by atoms with Crippen molar-refractivity contribution in [1.82, 2.24) is 9.97 Å². The Balaban J connectivity index is 1.79. The van der Waals surface area contributed by atoms with Gasteiger partial charge in [-0.25, -0.2) is 9.97 Å². The molecule has 1 heterocycles. The van der Waals surface area contributed by atoms with Crippen molar-refractivity contribution in [3.63, 3.8) is 0 Å². The molecule has 2 rings (SSSR count). The molecular formula is C9H11ClN2O. The molecule has 0 N–H and O–H groups in total. The Morgan fingerprint density at radius 2 is 2.31 bits per heavy atom. The van der Waals surface area contributed by atoms with E-state index in [0.717, 1.165) is 18.9 Å². The summed E-state index contributed by atoms with van der Waals surface area (Å²) in [6.07, 6.45) is 5.25. The summed E-state index contributed by atoms with van der Waals surface area (Å²) in [5, 5.41) is 0.427. The number of rotatable bonds is 4. The Bertz CT molecular complexity index is 289. The summed E-state index contributed by atoms with van der Waals surface area (Å²) in [5.74, 6) is 1.46. The Kier molecular flexibility index (Phi) is 2.64. The van der Waals surface area contributed by atoms with Gasteiger partial charge in [0.05, 0.1) is 6.61 Å². The Hall–Kier alpha value is -0.830. The summed E-state index contributed by atoms with van der Waals surface area (Å²) < 4.78 is 5.40. The highest BCUT2D eigenvalue weighted by molar-refractivity contribution is 6.29. The van der Waals surface area contributed by atoms with Gasteiger partial charge in [-0.2, -0.15) is 0 Å². The third-order valence-electron chi connectivity index (χ3n) is 2.08. The number of hydrogen-bond donors (Lipinski definition) is 0. The summed E-state index contributed by atoms with van der Waals surface area (Å²) in [6.45, 7) is 0.734. The predicted octanol–water partition coefficient (Wildman–Crippen LogP) is 2.31. The van der Waals surface area contributed by atoms with Gasteiger partial charge in [0.15, 0.2) is 0 Å². The van der Waals surface area contributed by atoms with E-state index in [1.165, 1.54) is 19.2 Å². The molecule has 3 nitrogen and oxygen atoms in total. The quantitative estimate of drug-likeness (QED) is 0.697. The monoisotopic (exact) mass is 198 g/mol. The second kappa shape index (κ2) is 3.92. The van der Waals surface area contributed by atoms with Gasteiger partial charge in [-0.05, 0) is 12.3 Å². The molecule has 0 atom stereocenters. The largest absolute Gasteiger partial charge is 0.478 e. The van der Waals surface area contributed by atoms with Crippen molar-refractivity contribution in [2.45, 2.75) is 19.3 Å². The van der Waals surface area contributed by atoms with Crippen LogP contribution >= 0.6 is 11.6 Å². The van der Waals surface area contributed by atoms with Gasteiger partial charge in [0.25, 0.3) is 0 Å². The van der Waals surface area contributed by atoms with E-state index in [4.69, 9.17) is 16.3 Å². The van der Waals surface area contributed by atoms with Crippen LogP contribution in [0.3, 0.4) is 0 Å². The zero-order valence-corrected chi connectivity index (χ0v) is 8.00. The van der Waals surface area contributed by atoms with Crippen LogP contribution in [0.4, 0.5) is 0 Å². The topological polar surface area (TPSA) is 35.0 Å². The molecule has 1 saturated carbocycles. The van der Waals surface area contributed by atoms with Crippen LogP contribution in [0.2, 0.25) is 5.15 Å². The first-order valence-corrected chi connectivity index (χ1v) is 4.83. The van der Waals surface area contributed by atoms with Gasteiger partial charge in [0.1, 0.15) is 11.5 Å². The van der Waals surface area contributed by atoms with Crippen molar-refractivity contribution in [2.75, 3.05) is 6.61 Å². The van der Waals surface area contributed by atoms with Gasteiger partial charge in [-0.1, -0.05) is 24.4 Å². The molecular weight excluding hydrogens is 188 g/mol. The molecule has 0 aliphatic heterocycles. The lowest BCUT2D eigenvalue weighted by atomic mass is 10.3. The average molecular weight is 199 g/mol. The van der Waals surface area contributed by atoms with Crippen LogP contribution in [0.5, 0.6) is 5.88 Å². The van der Waals surface area contributed by atoms with Crippen LogP contribution in [-0.4, -0.2) is 16.6 Å². The smallest absolute Gasteiger partial charge is 0.217 e. The van der Waals surface area contributed by atoms with Crippen LogP contribution in [0.1, 0.15) is 19.3 Å². The first kappa shape index (κ1) is 8.75. The highest BCUT2D eigenvalue weighted by atomic mass is 35.5. The normalized spacial score (nSPS) is 15.8. The van der Waals surface area contributed by atoms with E-state index in [2.05, 4.69) is 9.97 Å². The summed E-state index contributed by atoms with van der Waals surface area (Å²) in [5.41, 5.74) is 0. The minimum Gasteiger partial charge on any atom is -0.478 e. The Morgan fingerprint density at radius 1 is 1.46 bits per heavy atom. The van der Waals surface area contributed by atoms with E-state index in [1.54, 1.807) is 6.07 Å². The third-order valence-corrected chi connectivity index (χ3v) is 2.29. The van der Waals surface area contributed by atoms with E-state index in [9.17, 15) is 0 Å². The van der Waals surface area contributed by atoms with Gasteiger partial charge < -0.3 is 4.74 Å². The molecule has 13 heavy (non-hydrogen) atoms. The van der Waals surface area contributed by atoms with Crippen molar-refractivity contribution in [2.24, 2.45) is 5.92 Å². The Morgan fingerprint density at radius 3 is 3.00 bits per heavy atom. The zero-order valence-electron chi connectivity index (χ0n) is 7.24. The molecule has 0 aromatic carbocycles. The van der Waals surface area contributed by atoms with Gasteiger partial charge in [-0.3, -0.25) is 0 Å². The highest BCUT2D eigenvalue weighted by Crippen LogP contribution is 2.32. The number of halogens is 1. The summed E-state index contributed by atoms with van der Waals surface area (Å²) >= 11 is 5.67. The number of aromatic nitrogens is 2. The van der Waals surface area contributed by atoms with Crippen molar-refractivity contribution >= 4 is 11.6 Å². The fourth-order valence-electron chi connectivity index (χ4n) is 1.13. The van der Waals surface area contributed by atoms with Crippen molar-refractivity contribution in [1.29, 1.82) is 0 Å². The molecule has 0 spiro atoms. The second-order valence-corrected chi connectivity index (χ2v) is 3.65. The maximum Gasteiger partial charge on any atom is 0.217 e. The zero-order chi connectivity index (χ0) is 9.10. The van der Waals surface area contributed by atoms with E-state index in [1.807, 2.05) is 0 Å². The molecule has 1 aromatic rings. The molecule has 0 saturated heterocycles. The van der Waals surface area contributed by atoms with Crippen LogP contribution in [0.15, 0.2) is 12.4 Å². The van der Waals surface area contributed by atoms with E-state index in [-0.39, 0.29) is 0 Å². The maximum absolute atomic E-state index is 5.67. The average Bonchev–Trinajstić information content (AvgIpc) is 2.88. The second-order valence-electron chi connectivity index (χ2n) is 3.26. The molecule has 70 valence electrons. The molecule has 1 fully saturated rings. The summed E-state index contributed by atoms with van der Waals surface area (Å²) in [6, 6.07) is 1.63. The van der Waals surface area contributed by atoms with Gasteiger partial charge >= 0.3 is 0 Å². The first-order chi connectivity index (χ1) is 6.34. The number of ether oxygens (including phenoxy) is 1. The molecule has 0 amide bonds. The molecule has 0 bridgehead atoms. The maximum atomic E-state index is 5.67. The highest BCUT2D eigenvalue weighted by Gasteiger charge is 2.20. The predicted molar refractivity (Wildman–Crippen MR) is 49.9 cm³/mol. The van der Waals surface area contributed by atoms with Crippen molar-refractivity contribution in [3.8, 4) is 5.88 Å². The van der Waals surface area contributed by atoms with Crippen LogP contribution < -0.4 is 4.74 Å².